The molecule has 0 spiro atoms. The monoisotopic (exact) mass is 316 g/mol. The molecule has 0 amide bonds. The fourth-order valence-corrected chi connectivity index (χ4v) is 2.95. The third-order valence-electron chi connectivity index (χ3n) is 4.18. The number of benzene rings is 3. The highest BCUT2D eigenvalue weighted by Crippen LogP contribution is 2.32. The molecule has 1 N–H and O–H groups in total. The maximum atomic E-state index is 13.0. The van der Waals surface area contributed by atoms with Gasteiger partial charge >= 0.3 is 0 Å². The quantitative estimate of drug-likeness (QED) is 0.735. The Morgan fingerprint density at radius 2 is 1.17 bits per heavy atom. The molecular weight excluding hydrogens is 296 g/mol. The van der Waals surface area contributed by atoms with E-state index in [2.05, 4.69) is 0 Å². The molecule has 0 aliphatic rings. The van der Waals surface area contributed by atoms with Gasteiger partial charge in [0, 0.05) is 6.42 Å². The molecule has 2 atom stereocenters. The van der Waals surface area contributed by atoms with Gasteiger partial charge in [0.05, 0.1) is 12.0 Å². The number of aliphatic hydroxyl groups excluding tert-OH is 1. The second-order valence-electron chi connectivity index (χ2n) is 5.87. The zero-order valence-corrected chi connectivity index (χ0v) is 13.4. The molecular formula is C22H20O2. The van der Waals surface area contributed by atoms with Gasteiger partial charge in [0.1, 0.15) is 5.78 Å². The average Bonchev–Trinajstić information content (AvgIpc) is 2.64. The highest BCUT2D eigenvalue weighted by Gasteiger charge is 2.29. The Balaban J connectivity index is 1.92. The molecule has 3 aromatic rings. The second kappa shape index (κ2) is 7.71. The molecule has 2 unspecified atom stereocenters. The van der Waals surface area contributed by atoms with Crippen LogP contribution in [0.2, 0.25) is 0 Å². The van der Waals surface area contributed by atoms with E-state index in [1.807, 2.05) is 91.0 Å². The first-order valence-corrected chi connectivity index (χ1v) is 8.10. The number of hydrogen-bond acceptors (Lipinski definition) is 2. The molecule has 0 saturated heterocycles. The zero-order valence-electron chi connectivity index (χ0n) is 13.4. The molecule has 0 radical (unpaired) electrons. The minimum absolute atomic E-state index is 0.0174. The van der Waals surface area contributed by atoms with Crippen LogP contribution in [0.3, 0.4) is 0 Å². The van der Waals surface area contributed by atoms with Crippen LogP contribution < -0.4 is 0 Å². The standard InChI is InChI=1S/C22H20O2/c23-20(16-17-10-4-1-5-11-17)21(18-12-6-2-7-13-18)22(24)19-14-8-3-9-15-19/h1-15,21-22,24H,16H2. The Morgan fingerprint density at radius 3 is 1.71 bits per heavy atom. The molecule has 2 heteroatoms. The summed E-state index contributed by atoms with van der Waals surface area (Å²) in [6.45, 7) is 0. The third-order valence-corrected chi connectivity index (χ3v) is 4.18. The van der Waals surface area contributed by atoms with Gasteiger partial charge in [0.15, 0.2) is 0 Å². The van der Waals surface area contributed by atoms with E-state index in [0.29, 0.717) is 6.42 Å². The fraction of sp³-hybridized carbons (Fsp3) is 0.136. The Morgan fingerprint density at radius 1 is 0.708 bits per heavy atom. The molecule has 2 nitrogen and oxygen atoms in total. The van der Waals surface area contributed by atoms with Crippen LogP contribution in [-0.4, -0.2) is 10.9 Å². The van der Waals surface area contributed by atoms with Crippen LogP contribution in [-0.2, 0) is 11.2 Å². The van der Waals surface area contributed by atoms with Crippen LogP contribution in [0.1, 0.15) is 28.7 Å². The average molecular weight is 316 g/mol. The molecule has 3 aromatic carbocycles. The fourth-order valence-electron chi connectivity index (χ4n) is 2.95. The normalized spacial score (nSPS) is 13.2. The summed E-state index contributed by atoms with van der Waals surface area (Å²) in [5.74, 6) is -0.558. The van der Waals surface area contributed by atoms with Gasteiger partial charge in [0.25, 0.3) is 0 Å². The lowest BCUT2D eigenvalue weighted by atomic mass is 9.84. The molecule has 0 aromatic heterocycles. The van der Waals surface area contributed by atoms with Crippen LogP contribution in [0.15, 0.2) is 91.0 Å². The summed E-state index contributed by atoms with van der Waals surface area (Å²) in [6.07, 6.45) is -0.547. The predicted octanol–water partition coefficient (Wildman–Crippen LogP) is 4.32. The topological polar surface area (TPSA) is 37.3 Å². The minimum Gasteiger partial charge on any atom is -0.387 e. The van der Waals surface area contributed by atoms with Crippen molar-refractivity contribution >= 4 is 5.78 Å². The van der Waals surface area contributed by atoms with Crippen LogP contribution >= 0.6 is 0 Å². The van der Waals surface area contributed by atoms with Crippen molar-refractivity contribution < 1.29 is 9.90 Å². The summed E-state index contributed by atoms with van der Waals surface area (Å²) >= 11 is 0. The highest BCUT2D eigenvalue weighted by atomic mass is 16.3. The highest BCUT2D eigenvalue weighted by molar-refractivity contribution is 5.88. The lowest BCUT2D eigenvalue weighted by Crippen LogP contribution is -2.22. The largest absolute Gasteiger partial charge is 0.387 e. The number of ketones is 1. The minimum atomic E-state index is -0.857. The summed E-state index contributed by atoms with van der Waals surface area (Å²) in [4.78, 5) is 13.0. The van der Waals surface area contributed by atoms with Crippen molar-refractivity contribution in [3.8, 4) is 0 Å². The van der Waals surface area contributed by atoms with Crippen molar-refractivity contribution in [2.24, 2.45) is 0 Å². The van der Waals surface area contributed by atoms with Crippen molar-refractivity contribution in [3.05, 3.63) is 108 Å². The van der Waals surface area contributed by atoms with Crippen molar-refractivity contribution in [3.63, 3.8) is 0 Å². The lowest BCUT2D eigenvalue weighted by molar-refractivity contribution is -0.122. The SMILES string of the molecule is O=C(Cc1ccccc1)C(c1ccccc1)C(O)c1ccccc1. The van der Waals surface area contributed by atoms with Gasteiger partial charge in [-0.15, -0.1) is 0 Å². The maximum Gasteiger partial charge on any atom is 0.147 e. The number of carbonyl (C=O) groups excluding carboxylic acids is 1. The van der Waals surface area contributed by atoms with Crippen LogP contribution in [0.5, 0.6) is 0 Å². The van der Waals surface area contributed by atoms with Gasteiger partial charge in [-0.05, 0) is 16.7 Å². The summed E-state index contributed by atoms with van der Waals surface area (Å²) < 4.78 is 0. The first-order valence-electron chi connectivity index (χ1n) is 8.10. The molecule has 0 heterocycles. The van der Waals surface area contributed by atoms with E-state index < -0.39 is 12.0 Å². The third kappa shape index (κ3) is 3.79. The lowest BCUT2D eigenvalue weighted by Gasteiger charge is -2.23. The second-order valence-corrected chi connectivity index (χ2v) is 5.87. The molecule has 0 aliphatic carbocycles. The molecule has 3 rings (SSSR count). The van der Waals surface area contributed by atoms with Gasteiger partial charge in [-0.1, -0.05) is 91.0 Å². The van der Waals surface area contributed by atoms with Crippen molar-refractivity contribution in [2.45, 2.75) is 18.4 Å². The van der Waals surface area contributed by atoms with Crippen LogP contribution in [0.4, 0.5) is 0 Å². The van der Waals surface area contributed by atoms with Crippen molar-refractivity contribution in [1.82, 2.24) is 0 Å². The van der Waals surface area contributed by atoms with E-state index in [1.54, 1.807) is 0 Å². The Bertz CT molecular complexity index is 767. The zero-order chi connectivity index (χ0) is 16.8. The van der Waals surface area contributed by atoms with Gasteiger partial charge < -0.3 is 5.11 Å². The molecule has 24 heavy (non-hydrogen) atoms. The Hall–Kier alpha value is -2.71. The van der Waals surface area contributed by atoms with E-state index in [4.69, 9.17) is 0 Å². The van der Waals surface area contributed by atoms with Crippen LogP contribution in [0, 0.1) is 0 Å². The van der Waals surface area contributed by atoms with Gasteiger partial charge in [-0.2, -0.15) is 0 Å². The van der Waals surface area contributed by atoms with E-state index in [-0.39, 0.29) is 5.78 Å². The van der Waals surface area contributed by atoms with Crippen LogP contribution in [0.25, 0.3) is 0 Å². The number of carbonyl (C=O) groups is 1. The summed E-state index contributed by atoms with van der Waals surface area (Å²) in [5, 5.41) is 10.9. The Labute approximate surface area is 142 Å². The summed E-state index contributed by atoms with van der Waals surface area (Å²) in [6, 6.07) is 28.5. The number of Topliss-reactive ketones (excluding diaryl/α,β-unsaturated/α-hetero) is 1. The van der Waals surface area contributed by atoms with Gasteiger partial charge in [-0.3, -0.25) is 4.79 Å². The first-order chi connectivity index (χ1) is 11.8. The molecule has 0 fully saturated rings. The van der Waals surface area contributed by atoms with E-state index in [1.165, 1.54) is 0 Å². The van der Waals surface area contributed by atoms with E-state index in [0.717, 1.165) is 16.7 Å². The van der Waals surface area contributed by atoms with Gasteiger partial charge in [-0.25, -0.2) is 0 Å². The maximum absolute atomic E-state index is 13.0. The summed E-state index contributed by atoms with van der Waals surface area (Å²) in [7, 11) is 0. The predicted molar refractivity (Wildman–Crippen MR) is 95.7 cm³/mol. The van der Waals surface area contributed by atoms with Crippen molar-refractivity contribution in [1.29, 1.82) is 0 Å². The molecule has 0 aliphatic heterocycles. The molecule has 0 bridgehead atoms. The number of aliphatic hydroxyl groups is 1. The number of hydrogen-bond donors (Lipinski definition) is 1. The van der Waals surface area contributed by atoms with Crippen molar-refractivity contribution in [2.75, 3.05) is 0 Å². The van der Waals surface area contributed by atoms with E-state index in [9.17, 15) is 9.90 Å². The molecule has 0 saturated carbocycles. The summed E-state index contributed by atoms with van der Waals surface area (Å²) in [5.41, 5.74) is 2.56. The first kappa shape index (κ1) is 16.2. The Kier molecular flexibility index (Phi) is 5.19. The van der Waals surface area contributed by atoms with Gasteiger partial charge in [0.2, 0.25) is 0 Å². The molecule has 120 valence electrons. The van der Waals surface area contributed by atoms with E-state index >= 15 is 0 Å². The smallest absolute Gasteiger partial charge is 0.147 e. The number of rotatable bonds is 6.